The first-order valence-electron chi connectivity index (χ1n) is 5.57. The van der Waals surface area contributed by atoms with E-state index in [0.717, 1.165) is 4.47 Å². The van der Waals surface area contributed by atoms with Crippen LogP contribution < -0.4 is 11.1 Å². The molecule has 1 amide bonds. The molecular weight excluding hydrogens is 342 g/mol. The Morgan fingerprint density at radius 1 is 1.30 bits per heavy atom. The number of amides is 1. The van der Waals surface area contributed by atoms with Crippen molar-refractivity contribution >= 4 is 44.8 Å². The van der Waals surface area contributed by atoms with Crippen molar-refractivity contribution in [1.29, 1.82) is 5.26 Å². The Balaban J connectivity index is 2.30. The van der Waals surface area contributed by atoms with Crippen LogP contribution in [0.1, 0.15) is 15.9 Å². The third kappa shape index (κ3) is 3.10. The molecule has 2 aromatic rings. The van der Waals surface area contributed by atoms with Crippen molar-refractivity contribution < 1.29 is 4.79 Å². The molecular formula is C14H9BrClN3O. The van der Waals surface area contributed by atoms with Gasteiger partial charge in [0.05, 0.1) is 22.0 Å². The van der Waals surface area contributed by atoms with Crippen molar-refractivity contribution in [2.24, 2.45) is 0 Å². The van der Waals surface area contributed by atoms with Crippen molar-refractivity contribution in [3.63, 3.8) is 0 Å². The van der Waals surface area contributed by atoms with E-state index >= 15 is 0 Å². The van der Waals surface area contributed by atoms with Crippen LogP contribution in [0.4, 0.5) is 11.4 Å². The number of halogens is 2. The van der Waals surface area contributed by atoms with Crippen LogP contribution in [0.2, 0.25) is 5.02 Å². The minimum atomic E-state index is -0.360. The van der Waals surface area contributed by atoms with Crippen LogP contribution in [0.25, 0.3) is 0 Å². The number of benzene rings is 2. The molecule has 100 valence electrons. The predicted molar refractivity (Wildman–Crippen MR) is 82.7 cm³/mol. The first kappa shape index (κ1) is 14.4. The molecule has 0 atom stereocenters. The van der Waals surface area contributed by atoms with Gasteiger partial charge in [-0.1, -0.05) is 27.5 Å². The number of nitrogens with one attached hydrogen (secondary N) is 1. The van der Waals surface area contributed by atoms with Gasteiger partial charge in [0.2, 0.25) is 0 Å². The number of carbonyl (C=O) groups is 1. The van der Waals surface area contributed by atoms with Gasteiger partial charge in [0.15, 0.2) is 0 Å². The lowest BCUT2D eigenvalue weighted by atomic mass is 10.1. The highest BCUT2D eigenvalue weighted by Gasteiger charge is 2.11. The smallest absolute Gasteiger partial charge is 0.255 e. The number of nitrogen functional groups attached to an aromatic ring is 1. The van der Waals surface area contributed by atoms with Crippen LogP contribution in [-0.2, 0) is 0 Å². The summed E-state index contributed by atoms with van der Waals surface area (Å²) in [5.41, 5.74) is 7.18. The second-order valence-corrected chi connectivity index (χ2v) is 5.32. The number of nitriles is 1. The average Bonchev–Trinajstić information content (AvgIpc) is 2.42. The van der Waals surface area contributed by atoms with E-state index in [-0.39, 0.29) is 5.91 Å². The molecule has 0 aromatic heterocycles. The molecule has 6 heteroatoms. The second kappa shape index (κ2) is 5.95. The molecule has 20 heavy (non-hydrogen) atoms. The van der Waals surface area contributed by atoms with E-state index < -0.39 is 0 Å². The molecule has 0 spiro atoms. The topological polar surface area (TPSA) is 78.9 Å². The predicted octanol–water partition coefficient (Wildman–Crippen LogP) is 3.81. The summed E-state index contributed by atoms with van der Waals surface area (Å²) in [6, 6.07) is 11.6. The fourth-order valence-electron chi connectivity index (χ4n) is 1.58. The maximum absolute atomic E-state index is 12.1. The fourth-order valence-corrected chi connectivity index (χ4v) is 2.12. The van der Waals surface area contributed by atoms with E-state index in [2.05, 4.69) is 21.2 Å². The van der Waals surface area contributed by atoms with Crippen LogP contribution in [-0.4, -0.2) is 5.91 Å². The van der Waals surface area contributed by atoms with E-state index in [1.165, 1.54) is 6.07 Å². The zero-order valence-electron chi connectivity index (χ0n) is 10.2. The van der Waals surface area contributed by atoms with Crippen molar-refractivity contribution in [3.05, 3.63) is 57.0 Å². The number of anilines is 2. The van der Waals surface area contributed by atoms with Gasteiger partial charge in [-0.3, -0.25) is 4.79 Å². The minimum Gasteiger partial charge on any atom is -0.398 e. The highest BCUT2D eigenvalue weighted by atomic mass is 79.9. The summed E-state index contributed by atoms with van der Waals surface area (Å²) in [5.74, 6) is -0.360. The summed E-state index contributed by atoms with van der Waals surface area (Å²) in [6.45, 7) is 0. The number of carbonyl (C=O) groups excluding carboxylic acids is 1. The molecule has 3 N–H and O–H groups in total. The molecule has 0 saturated carbocycles. The van der Waals surface area contributed by atoms with E-state index in [1.54, 1.807) is 30.3 Å². The summed E-state index contributed by atoms with van der Waals surface area (Å²) in [7, 11) is 0. The van der Waals surface area contributed by atoms with Gasteiger partial charge in [-0.15, -0.1) is 0 Å². The number of nitrogens with zero attached hydrogens (tertiary/aromatic N) is 1. The Bertz CT molecular complexity index is 725. The SMILES string of the molecule is N#Cc1ccc(Br)cc1NC(=O)c1ccc(N)c(Cl)c1. The number of hydrogen-bond acceptors (Lipinski definition) is 3. The maximum Gasteiger partial charge on any atom is 0.255 e. The monoisotopic (exact) mass is 349 g/mol. The summed E-state index contributed by atoms with van der Waals surface area (Å²) < 4.78 is 0.766. The van der Waals surface area contributed by atoms with Gasteiger partial charge in [0, 0.05) is 10.0 Å². The van der Waals surface area contributed by atoms with Gasteiger partial charge in [-0.2, -0.15) is 5.26 Å². The van der Waals surface area contributed by atoms with Crippen molar-refractivity contribution in [2.75, 3.05) is 11.1 Å². The highest BCUT2D eigenvalue weighted by molar-refractivity contribution is 9.10. The second-order valence-electron chi connectivity index (χ2n) is 3.99. The van der Waals surface area contributed by atoms with Crippen molar-refractivity contribution in [3.8, 4) is 6.07 Å². The zero-order chi connectivity index (χ0) is 14.7. The van der Waals surface area contributed by atoms with Gasteiger partial charge in [0.25, 0.3) is 5.91 Å². The third-order valence-corrected chi connectivity index (χ3v) is 3.43. The maximum atomic E-state index is 12.1. The number of rotatable bonds is 2. The van der Waals surface area contributed by atoms with Gasteiger partial charge in [-0.05, 0) is 36.4 Å². The zero-order valence-corrected chi connectivity index (χ0v) is 12.5. The van der Waals surface area contributed by atoms with Gasteiger partial charge in [0.1, 0.15) is 6.07 Å². The van der Waals surface area contributed by atoms with Crippen LogP contribution in [0.3, 0.4) is 0 Å². The molecule has 0 aliphatic carbocycles. The summed E-state index contributed by atoms with van der Waals surface area (Å²) in [6.07, 6.45) is 0. The molecule has 0 saturated heterocycles. The lowest BCUT2D eigenvalue weighted by Gasteiger charge is -2.08. The molecule has 0 radical (unpaired) electrons. The van der Waals surface area contributed by atoms with E-state index in [9.17, 15) is 4.79 Å². The van der Waals surface area contributed by atoms with Crippen LogP contribution >= 0.6 is 27.5 Å². The first-order chi connectivity index (χ1) is 9.51. The largest absolute Gasteiger partial charge is 0.398 e. The van der Waals surface area contributed by atoms with Gasteiger partial charge in [-0.25, -0.2) is 0 Å². The highest BCUT2D eigenvalue weighted by Crippen LogP contribution is 2.23. The molecule has 0 aliphatic heterocycles. The van der Waals surface area contributed by atoms with Gasteiger partial charge < -0.3 is 11.1 Å². The summed E-state index contributed by atoms with van der Waals surface area (Å²) in [5, 5.41) is 12.0. The molecule has 0 bridgehead atoms. The van der Waals surface area contributed by atoms with Crippen LogP contribution in [0.15, 0.2) is 40.9 Å². The normalized spacial score (nSPS) is 9.85. The molecule has 0 aliphatic rings. The molecule has 0 heterocycles. The van der Waals surface area contributed by atoms with E-state index in [1.807, 2.05) is 6.07 Å². The minimum absolute atomic E-state index is 0.312. The average molecular weight is 351 g/mol. The Hall–Kier alpha value is -2.03. The Kier molecular flexibility index (Phi) is 4.28. The van der Waals surface area contributed by atoms with Crippen LogP contribution in [0, 0.1) is 11.3 Å². The molecule has 2 aromatic carbocycles. The molecule has 0 fully saturated rings. The van der Waals surface area contributed by atoms with Gasteiger partial charge >= 0.3 is 0 Å². The quantitative estimate of drug-likeness (QED) is 0.808. The van der Waals surface area contributed by atoms with E-state index in [4.69, 9.17) is 22.6 Å². The van der Waals surface area contributed by atoms with Crippen molar-refractivity contribution in [2.45, 2.75) is 0 Å². The Morgan fingerprint density at radius 3 is 2.70 bits per heavy atom. The van der Waals surface area contributed by atoms with Crippen molar-refractivity contribution in [1.82, 2.24) is 0 Å². The Morgan fingerprint density at radius 2 is 2.05 bits per heavy atom. The molecule has 0 unspecified atom stereocenters. The lowest BCUT2D eigenvalue weighted by molar-refractivity contribution is 0.102. The summed E-state index contributed by atoms with van der Waals surface area (Å²) in [4.78, 5) is 12.1. The third-order valence-electron chi connectivity index (χ3n) is 2.61. The summed E-state index contributed by atoms with van der Waals surface area (Å²) >= 11 is 9.17. The molecule has 4 nitrogen and oxygen atoms in total. The standard InChI is InChI=1S/C14H9BrClN3O/c15-10-3-1-9(7-17)13(6-10)19-14(20)8-2-4-12(18)11(16)5-8/h1-6H,18H2,(H,19,20). The number of hydrogen-bond donors (Lipinski definition) is 2. The lowest BCUT2D eigenvalue weighted by Crippen LogP contribution is -2.13. The first-order valence-corrected chi connectivity index (χ1v) is 6.74. The van der Waals surface area contributed by atoms with Crippen LogP contribution in [0.5, 0.6) is 0 Å². The molecule has 2 rings (SSSR count). The Labute approximate surface area is 129 Å². The fraction of sp³-hybridized carbons (Fsp3) is 0. The van der Waals surface area contributed by atoms with E-state index in [0.29, 0.717) is 27.5 Å². The number of nitrogens with two attached hydrogens (primary N) is 1.